The van der Waals surface area contributed by atoms with Gasteiger partial charge in [-0.2, -0.15) is 0 Å². The van der Waals surface area contributed by atoms with Gasteiger partial charge in [-0.1, -0.05) is 48.5 Å². The first-order chi connectivity index (χ1) is 11.6. The molecule has 0 bridgehead atoms. The number of carboxylic acid groups (broad SMARTS) is 1. The number of benzene rings is 2. The molecular weight excluding hydrogens is 308 g/mol. The molecule has 0 aromatic heterocycles. The first-order valence-electron chi connectivity index (χ1n) is 7.63. The second kappa shape index (κ2) is 6.72. The van der Waals surface area contributed by atoms with Crippen molar-refractivity contribution in [3.8, 4) is 11.1 Å². The number of nitrogens with zero attached hydrogens (tertiary/aromatic N) is 1. The first-order valence-corrected chi connectivity index (χ1v) is 7.63. The second-order valence-corrected chi connectivity index (χ2v) is 5.51. The molecular formula is C18H18N2O4. The van der Waals surface area contributed by atoms with Gasteiger partial charge >= 0.3 is 12.1 Å². The van der Waals surface area contributed by atoms with Gasteiger partial charge in [-0.3, -0.25) is 4.79 Å². The highest BCUT2D eigenvalue weighted by Gasteiger charge is 2.29. The second-order valence-electron chi connectivity index (χ2n) is 5.51. The molecule has 0 fully saturated rings. The topological polar surface area (TPSA) is 78.9 Å². The molecule has 2 N–H and O–H groups in total. The molecule has 6 heteroatoms. The maximum Gasteiger partial charge on any atom is 0.424 e. The maximum atomic E-state index is 12.1. The van der Waals surface area contributed by atoms with E-state index in [2.05, 4.69) is 17.6 Å². The standard InChI is InChI=1S/C18H18N2O4/c1-19-20(10-17(21)22)18(23)24-11-16-14-8-4-2-6-12(14)13-7-3-5-9-15(13)16/h2-9,16,19H,10-11H2,1H3,(H,21,22). The summed E-state index contributed by atoms with van der Waals surface area (Å²) < 4.78 is 5.35. The van der Waals surface area contributed by atoms with Crippen LogP contribution in [0.25, 0.3) is 11.1 Å². The lowest BCUT2D eigenvalue weighted by atomic mass is 9.98. The summed E-state index contributed by atoms with van der Waals surface area (Å²) >= 11 is 0. The van der Waals surface area contributed by atoms with Crippen molar-refractivity contribution in [2.75, 3.05) is 20.2 Å². The molecule has 0 heterocycles. The smallest absolute Gasteiger partial charge is 0.424 e. The Bertz CT molecular complexity index is 730. The van der Waals surface area contributed by atoms with Crippen molar-refractivity contribution in [2.45, 2.75) is 5.92 Å². The van der Waals surface area contributed by atoms with E-state index in [4.69, 9.17) is 9.84 Å². The minimum Gasteiger partial charge on any atom is -0.480 e. The normalized spacial score (nSPS) is 12.4. The lowest BCUT2D eigenvalue weighted by Crippen LogP contribution is -2.44. The van der Waals surface area contributed by atoms with Crippen LogP contribution in [0, 0.1) is 0 Å². The Morgan fingerprint density at radius 1 is 1.08 bits per heavy atom. The van der Waals surface area contributed by atoms with Crippen LogP contribution in [0.3, 0.4) is 0 Å². The summed E-state index contributed by atoms with van der Waals surface area (Å²) in [5.41, 5.74) is 7.04. The zero-order chi connectivity index (χ0) is 17.1. The predicted octanol–water partition coefficient (Wildman–Crippen LogP) is 2.46. The van der Waals surface area contributed by atoms with Crippen LogP contribution in [0.4, 0.5) is 4.79 Å². The van der Waals surface area contributed by atoms with E-state index >= 15 is 0 Å². The number of ether oxygens (including phenoxy) is 1. The Labute approximate surface area is 139 Å². The van der Waals surface area contributed by atoms with Crippen LogP contribution in [0.1, 0.15) is 17.0 Å². The fourth-order valence-corrected chi connectivity index (χ4v) is 3.04. The Kier molecular flexibility index (Phi) is 4.48. The van der Waals surface area contributed by atoms with Crippen LogP contribution in [0.2, 0.25) is 0 Å². The molecule has 1 amide bonds. The van der Waals surface area contributed by atoms with E-state index in [0.717, 1.165) is 27.3 Å². The van der Waals surface area contributed by atoms with Gasteiger partial charge in [0, 0.05) is 13.0 Å². The average molecular weight is 326 g/mol. The van der Waals surface area contributed by atoms with E-state index in [0.29, 0.717) is 0 Å². The van der Waals surface area contributed by atoms with E-state index < -0.39 is 18.6 Å². The van der Waals surface area contributed by atoms with Gasteiger partial charge in [0.15, 0.2) is 0 Å². The fraction of sp³-hybridized carbons (Fsp3) is 0.222. The largest absolute Gasteiger partial charge is 0.480 e. The molecule has 6 nitrogen and oxygen atoms in total. The molecule has 0 atom stereocenters. The molecule has 2 aromatic rings. The van der Waals surface area contributed by atoms with Crippen molar-refractivity contribution in [2.24, 2.45) is 0 Å². The summed E-state index contributed by atoms with van der Waals surface area (Å²) in [6.07, 6.45) is -0.707. The number of carbonyl (C=O) groups excluding carboxylic acids is 1. The van der Waals surface area contributed by atoms with Gasteiger partial charge in [-0.15, -0.1) is 0 Å². The van der Waals surface area contributed by atoms with Crippen molar-refractivity contribution in [3.63, 3.8) is 0 Å². The minimum atomic E-state index is -1.11. The molecule has 124 valence electrons. The zero-order valence-electron chi connectivity index (χ0n) is 13.2. The van der Waals surface area contributed by atoms with Gasteiger partial charge in [-0.25, -0.2) is 15.2 Å². The summed E-state index contributed by atoms with van der Waals surface area (Å²) in [4.78, 5) is 22.8. The number of hydrogen-bond acceptors (Lipinski definition) is 4. The van der Waals surface area contributed by atoms with Gasteiger partial charge in [0.2, 0.25) is 0 Å². The van der Waals surface area contributed by atoms with Gasteiger partial charge in [-0.05, 0) is 22.3 Å². The molecule has 3 rings (SSSR count). The molecule has 0 radical (unpaired) electrons. The van der Waals surface area contributed by atoms with Gasteiger partial charge in [0.1, 0.15) is 13.2 Å². The Hall–Kier alpha value is -2.86. The molecule has 1 aliphatic carbocycles. The predicted molar refractivity (Wildman–Crippen MR) is 88.5 cm³/mol. The van der Waals surface area contributed by atoms with Gasteiger partial charge in [0.25, 0.3) is 0 Å². The van der Waals surface area contributed by atoms with Crippen LogP contribution in [-0.4, -0.2) is 42.4 Å². The number of hydrazine groups is 1. The number of fused-ring (bicyclic) bond motifs is 3. The zero-order valence-corrected chi connectivity index (χ0v) is 13.2. The highest BCUT2D eigenvalue weighted by Crippen LogP contribution is 2.44. The number of carboxylic acids is 1. The van der Waals surface area contributed by atoms with E-state index in [1.165, 1.54) is 7.05 Å². The van der Waals surface area contributed by atoms with Gasteiger partial charge in [0.05, 0.1) is 0 Å². The SMILES string of the molecule is CNN(CC(=O)O)C(=O)OCC1c2ccccc2-c2ccccc21. The Balaban J connectivity index is 1.78. The summed E-state index contributed by atoms with van der Waals surface area (Å²) in [6.45, 7) is -0.308. The van der Waals surface area contributed by atoms with Crippen LogP contribution in [0.15, 0.2) is 48.5 Å². The summed E-state index contributed by atoms with van der Waals surface area (Å²) in [6, 6.07) is 16.1. The van der Waals surface area contributed by atoms with Crippen molar-refractivity contribution in [1.82, 2.24) is 10.4 Å². The van der Waals surface area contributed by atoms with Crippen molar-refractivity contribution >= 4 is 12.1 Å². The first kappa shape index (κ1) is 16.0. The van der Waals surface area contributed by atoms with Crippen LogP contribution in [-0.2, 0) is 9.53 Å². The van der Waals surface area contributed by atoms with Crippen LogP contribution < -0.4 is 5.43 Å². The van der Waals surface area contributed by atoms with Crippen LogP contribution in [0.5, 0.6) is 0 Å². The highest BCUT2D eigenvalue weighted by atomic mass is 16.6. The lowest BCUT2D eigenvalue weighted by Gasteiger charge is -2.20. The molecule has 0 aliphatic heterocycles. The molecule has 0 saturated carbocycles. The molecule has 24 heavy (non-hydrogen) atoms. The number of aliphatic carboxylic acids is 1. The summed E-state index contributed by atoms with van der Waals surface area (Å²) in [7, 11) is 1.48. The number of nitrogens with one attached hydrogen (secondary N) is 1. The Morgan fingerprint density at radius 2 is 1.62 bits per heavy atom. The monoisotopic (exact) mass is 326 g/mol. The van der Waals surface area contributed by atoms with E-state index in [9.17, 15) is 9.59 Å². The number of hydrogen-bond donors (Lipinski definition) is 2. The van der Waals surface area contributed by atoms with E-state index in [1.807, 2.05) is 36.4 Å². The van der Waals surface area contributed by atoms with Crippen molar-refractivity contribution in [3.05, 3.63) is 59.7 Å². The average Bonchev–Trinajstić information content (AvgIpc) is 2.91. The molecule has 0 spiro atoms. The number of amides is 1. The summed E-state index contributed by atoms with van der Waals surface area (Å²) in [5.74, 6) is -1.16. The van der Waals surface area contributed by atoms with Gasteiger partial charge < -0.3 is 9.84 Å². The minimum absolute atomic E-state index is 0.0510. The third kappa shape index (κ3) is 2.96. The quantitative estimate of drug-likeness (QED) is 0.825. The molecule has 0 saturated heterocycles. The Morgan fingerprint density at radius 3 is 2.12 bits per heavy atom. The van der Waals surface area contributed by atoms with E-state index in [-0.39, 0.29) is 12.5 Å². The number of carbonyl (C=O) groups is 2. The molecule has 0 unspecified atom stereocenters. The maximum absolute atomic E-state index is 12.1. The molecule has 1 aliphatic rings. The van der Waals surface area contributed by atoms with Crippen molar-refractivity contribution in [1.29, 1.82) is 0 Å². The fourth-order valence-electron chi connectivity index (χ4n) is 3.04. The summed E-state index contributed by atoms with van der Waals surface area (Å²) in [5, 5.41) is 9.74. The van der Waals surface area contributed by atoms with E-state index in [1.54, 1.807) is 0 Å². The molecule has 2 aromatic carbocycles. The van der Waals surface area contributed by atoms with Crippen LogP contribution >= 0.6 is 0 Å². The lowest BCUT2D eigenvalue weighted by molar-refractivity contribution is -0.138. The third-order valence-corrected chi connectivity index (χ3v) is 4.12. The van der Waals surface area contributed by atoms with Crippen molar-refractivity contribution < 1.29 is 19.4 Å². The number of rotatable bonds is 5. The third-order valence-electron chi connectivity index (χ3n) is 4.12. The highest BCUT2D eigenvalue weighted by molar-refractivity contribution is 5.79.